The van der Waals surface area contributed by atoms with Crippen molar-refractivity contribution in [2.24, 2.45) is 22.7 Å². The van der Waals surface area contributed by atoms with E-state index in [1.54, 1.807) is 6.92 Å². The third-order valence-corrected chi connectivity index (χ3v) is 6.25. The van der Waals surface area contributed by atoms with E-state index in [4.69, 9.17) is 0 Å². The van der Waals surface area contributed by atoms with Crippen molar-refractivity contribution in [3.05, 3.63) is 0 Å². The van der Waals surface area contributed by atoms with Crippen molar-refractivity contribution < 1.29 is 9.90 Å². The number of Topliss-reactive ketones (excluding diaryl/α,β-unsaturated/α-hetero) is 1. The molecular formula is C17H30O2. The van der Waals surface area contributed by atoms with E-state index in [1.807, 2.05) is 6.92 Å². The standard InChI is InChI=1S/C17H30O2/c1-12(18)11-14-16(4)9-6-8-15(2,3)13(16)7-10-17(14,5)19/h13-14,19H,6-11H2,1-5H3/t13-,14+,16-,17+/m0/s1. The van der Waals surface area contributed by atoms with Crippen LogP contribution in [0.1, 0.15) is 73.1 Å². The zero-order chi connectivity index (χ0) is 14.5. The molecule has 2 fully saturated rings. The molecule has 1 N–H and O–H groups in total. The van der Waals surface area contributed by atoms with E-state index < -0.39 is 5.60 Å². The van der Waals surface area contributed by atoms with Gasteiger partial charge in [-0.2, -0.15) is 0 Å². The molecule has 110 valence electrons. The summed E-state index contributed by atoms with van der Waals surface area (Å²) in [7, 11) is 0. The molecule has 2 rings (SSSR count). The summed E-state index contributed by atoms with van der Waals surface area (Å²) in [6, 6.07) is 0. The van der Waals surface area contributed by atoms with Crippen molar-refractivity contribution in [1.29, 1.82) is 0 Å². The molecule has 19 heavy (non-hydrogen) atoms. The summed E-state index contributed by atoms with van der Waals surface area (Å²) in [5.41, 5.74) is -0.210. The average molecular weight is 266 g/mol. The zero-order valence-corrected chi connectivity index (χ0v) is 13.3. The van der Waals surface area contributed by atoms with E-state index in [9.17, 15) is 9.90 Å². The number of carbonyl (C=O) groups is 1. The van der Waals surface area contributed by atoms with Crippen LogP contribution < -0.4 is 0 Å². The molecule has 0 saturated heterocycles. The van der Waals surface area contributed by atoms with Crippen LogP contribution >= 0.6 is 0 Å². The maximum atomic E-state index is 11.7. The van der Waals surface area contributed by atoms with Crippen LogP contribution in [0.15, 0.2) is 0 Å². The van der Waals surface area contributed by atoms with Crippen LogP contribution in [0.5, 0.6) is 0 Å². The van der Waals surface area contributed by atoms with Gasteiger partial charge in [0.1, 0.15) is 5.78 Å². The van der Waals surface area contributed by atoms with Crippen molar-refractivity contribution in [3.63, 3.8) is 0 Å². The van der Waals surface area contributed by atoms with Crippen LogP contribution in [0.25, 0.3) is 0 Å². The van der Waals surface area contributed by atoms with Crippen LogP contribution in [-0.4, -0.2) is 16.5 Å². The summed E-state index contributed by atoms with van der Waals surface area (Å²) in [5, 5.41) is 10.8. The molecule has 0 aromatic heterocycles. The molecule has 0 spiro atoms. The lowest BCUT2D eigenvalue weighted by Gasteiger charge is -2.61. The molecule has 2 aliphatic carbocycles. The van der Waals surface area contributed by atoms with E-state index in [0.29, 0.717) is 17.8 Å². The first-order valence-electron chi connectivity index (χ1n) is 7.81. The first-order valence-corrected chi connectivity index (χ1v) is 7.81. The van der Waals surface area contributed by atoms with Crippen molar-refractivity contribution >= 4 is 5.78 Å². The predicted molar refractivity (Wildman–Crippen MR) is 77.9 cm³/mol. The third kappa shape index (κ3) is 2.49. The van der Waals surface area contributed by atoms with Gasteiger partial charge in [0.25, 0.3) is 0 Å². The van der Waals surface area contributed by atoms with Gasteiger partial charge >= 0.3 is 0 Å². The molecule has 0 aliphatic heterocycles. The van der Waals surface area contributed by atoms with Gasteiger partial charge in [0, 0.05) is 6.42 Å². The Morgan fingerprint density at radius 2 is 1.79 bits per heavy atom. The lowest BCUT2D eigenvalue weighted by molar-refractivity contribution is -0.172. The summed E-state index contributed by atoms with van der Waals surface area (Å²) in [4.78, 5) is 11.7. The Morgan fingerprint density at radius 1 is 1.16 bits per heavy atom. The summed E-state index contributed by atoms with van der Waals surface area (Å²) >= 11 is 0. The second-order valence-corrected chi connectivity index (χ2v) is 8.26. The molecule has 0 amide bonds. The lowest BCUT2D eigenvalue weighted by atomic mass is 9.45. The van der Waals surface area contributed by atoms with E-state index in [2.05, 4.69) is 20.8 Å². The van der Waals surface area contributed by atoms with Crippen LogP contribution in [-0.2, 0) is 4.79 Å². The van der Waals surface area contributed by atoms with Gasteiger partial charge in [-0.1, -0.05) is 27.2 Å². The minimum atomic E-state index is -0.676. The Bertz CT molecular complexity index is 369. The molecule has 2 heteroatoms. The van der Waals surface area contributed by atoms with Crippen molar-refractivity contribution in [2.75, 3.05) is 0 Å². The Balaban J connectivity index is 2.38. The highest BCUT2D eigenvalue weighted by Crippen LogP contribution is 2.62. The van der Waals surface area contributed by atoms with Crippen LogP contribution in [0.3, 0.4) is 0 Å². The largest absolute Gasteiger partial charge is 0.390 e. The third-order valence-electron chi connectivity index (χ3n) is 6.25. The van der Waals surface area contributed by atoms with Crippen molar-refractivity contribution in [1.82, 2.24) is 0 Å². The molecule has 0 radical (unpaired) electrons. The molecule has 4 atom stereocenters. The molecule has 0 aromatic carbocycles. The Labute approximate surface area is 118 Å². The van der Waals surface area contributed by atoms with Crippen LogP contribution in [0.4, 0.5) is 0 Å². The molecule has 0 bridgehead atoms. The molecule has 0 unspecified atom stereocenters. The number of hydrogen-bond acceptors (Lipinski definition) is 2. The molecule has 2 saturated carbocycles. The van der Waals surface area contributed by atoms with Gasteiger partial charge < -0.3 is 9.90 Å². The molecule has 2 aliphatic rings. The second kappa shape index (κ2) is 4.58. The smallest absolute Gasteiger partial charge is 0.130 e. The van der Waals surface area contributed by atoms with Crippen LogP contribution in [0.2, 0.25) is 0 Å². The zero-order valence-electron chi connectivity index (χ0n) is 13.3. The minimum absolute atomic E-state index is 0.120. The Morgan fingerprint density at radius 3 is 2.37 bits per heavy atom. The highest BCUT2D eigenvalue weighted by atomic mass is 16.3. The van der Waals surface area contributed by atoms with Gasteiger partial charge in [-0.15, -0.1) is 0 Å². The number of ketones is 1. The summed E-state index contributed by atoms with van der Waals surface area (Å²) in [6.45, 7) is 10.7. The first kappa shape index (κ1) is 15.0. The van der Waals surface area contributed by atoms with E-state index in [0.717, 1.165) is 19.3 Å². The monoisotopic (exact) mass is 266 g/mol. The summed E-state index contributed by atoms with van der Waals surface area (Å²) < 4.78 is 0. The van der Waals surface area contributed by atoms with Crippen molar-refractivity contribution in [2.45, 2.75) is 78.7 Å². The average Bonchev–Trinajstić information content (AvgIpc) is 2.22. The Hall–Kier alpha value is -0.370. The lowest BCUT2D eigenvalue weighted by Crippen LogP contribution is -2.57. The predicted octanol–water partition coefficient (Wildman–Crippen LogP) is 3.96. The molecule has 0 aromatic rings. The molecule has 0 heterocycles. The fourth-order valence-electron chi connectivity index (χ4n) is 5.37. The quantitative estimate of drug-likeness (QED) is 0.821. The second-order valence-electron chi connectivity index (χ2n) is 8.26. The van der Waals surface area contributed by atoms with E-state index in [1.165, 1.54) is 12.8 Å². The maximum Gasteiger partial charge on any atom is 0.130 e. The minimum Gasteiger partial charge on any atom is -0.390 e. The van der Waals surface area contributed by atoms with Crippen molar-refractivity contribution in [3.8, 4) is 0 Å². The van der Waals surface area contributed by atoms with Gasteiger partial charge in [-0.05, 0) is 62.2 Å². The highest BCUT2D eigenvalue weighted by molar-refractivity contribution is 5.76. The summed E-state index contributed by atoms with van der Waals surface area (Å²) in [5.74, 6) is 0.977. The van der Waals surface area contributed by atoms with Crippen LogP contribution in [0, 0.1) is 22.7 Å². The van der Waals surface area contributed by atoms with Gasteiger partial charge in [0.15, 0.2) is 0 Å². The fourth-order valence-corrected chi connectivity index (χ4v) is 5.37. The number of rotatable bonds is 2. The topological polar surface area (TPSA) is 37.3 Å². The van der Waals surface area contributed by atoms with E-state index in [-0.39, 0.29) is 17.1 Å². The number of hydrogen-bond donors (Lipinski definition) is 1. The maximum absolute atomic E-state index is 11.7. The highest BCUT2D eigenvalue weighted by Gasteiger charge is 2.57. The summed E-state index contributed by atoms with van der Waals surface area (Å²) in [6.07, 6.45) is 6.15. The number of aliphatic hydroxyl groups is 1. The SMILES string of the molecule is CC(=O)C[C@@H]1[C@@]2(C)CCCC(C)(C)[C@@H]2CC[C@@]1(C)O. The van der Waals surface area contributed by atoms with E-state index >= 15 is 0 Å². The number of carbonyl (C=O) groups excluding carboxylic acids is 1. The van der Waals surface area contributed by atoms with Gasteiger partial charge in [0.05, 0.1) is 5.60 Å². The normalized spacial score (nSPS) is 45.6. The molecular weight excluding hydrogens is 236 g/mol. The fraction of sp³-hybridized carbons (Fsp3) is 0.941. The molecule has 2 nitrogen and oxygen atoms in total. The van der Waals surface area contributed by atoms with Gasteiger partial charge in [0.2, 0.25) is 0 Å². The first-order chi connectivity index (χ1) is 8.59. The van der Waals surface area contributed by atoms with Gasteiger partial charge in [-0.25, -0.2) is 0 Å². The Kier molecular flexibility index (Phi) is 3.62. The number of fused-ring (bicyclic) bond motifs is 1. The van der Waals surface area contributed by atoms with Gasteiger partial charge in [-0.3, -0.25) is 0 Å².